The molecule has 1 aromatic carbocycles. The fraction of sp³-hybridized carbons (Fsp3) is 0.385. The van der Waals surface area contributed by atoms with Crippen molar-refractivity contribution >= 4 is 23.3 Å². The van der Waals surface area contributed by atoms with E-state index in [0.29, 0.717) is 17.1 Å². The molecule has 18 heavy (non-hydrogen) atoms. The van der Waals surface area contributed by atoms with Crippen LogP contribution in [-0.2, 0) is 4.79 Å². The fourth-order valence-electron chi connectivity index (χ4n) is 2.39. The number of hydrogen-bond donors (Lipinski definition) is 1. The molecule has 4 nitrogen and oxygen atoms in total. The van der Waals surface area contributed by atoms with Crippen molar-refractivity contribution < 1.29 is 9.90 Å². The molecule has 2 rings (SSSR count). The van der Waals surface area contributed by atoms with Gasteiger partial charge in [0.25, 0.3) is 0 Å². The highest BCUT2D eigenvalue weighted by atomic mass is 35.5. The SMILES string of the molecule is CC1CCN(c2ccc(C#N)c(Cl)c2)C1C(=O)O. The summed E-state index contributed by atoms with van der Waals surface area (Å²) in [5, 5.41) is 18.4. The summed E-state index contributed by atoms with van der Waals surface area (Å²) in [7, 11) is 0. The van der Waals surface area contributed by atoms with Crippen LogP contribution in [0.15, 0.2) is 18.2 Å². The molecule has 0 bridgehead atoms. The number of halogens is 1. The molecule has 94 valence electrons. The second kappa shape index (κ2) is 4.87. The third-order valence-electron chi connectivity index (χ3n) is 3.36. The van der Waals surface area contributed by atoms with E-state index in [4.69, 9.17) is 16.9 Å². The lowest BCUT2D eigenvalue weighted by atomic mass is 10.0. The minimum atomic E-state index is -0.819. The van der Waals surface area contributed by atoms with E-state index >= 15 is 0 Å². The summed E-state index contributed by atoms with van der Waals surface area (Å²) in [6.07, 6.45) is 0.842. The van der Waals surface area contributed by atoms with E-state index in [1.54, 1.807) is 18.2 Å². The smallest absolute Gasteiger partial charge is 0.326 e. The van der Waals surface area contributed by atoms with E-state index in [-0.39, 0.29) is 5.92 Å². The first-order valence-electron chi connectivity index (χ1n) is 5.73. The van der Waals surface area contributed by atoms with Crippen molar-refractivity contribution in [3.63, 3.8) is 0 Å². The summed E-state index contributed by atoms with van der Waals surface area (Å²) < 4.78 is 0. The maximum atomic E-state index is 11.3. The Hall–Kier alpha value is -1.73. The fourth-order valence-corrected chi connectivity index (χ4v) is 2.60. The van der Waals surface area contributed by atoms with Crippen LogP contribution in [0.25, 0.3) is 0 Å². The zero-order chi connectivity index (χ0) is 13.3. The van der Waals surface area contributed by atoms with Gasteiger partial charge < -0.3 is 10.0 Å². The number of carbonyl (C=O) groups is 1. The van der Waals surface area contributed by atoms with E-state index in [0.717, 1.165) is 12.1 Å². The number of benzene rings is 1. The van der Waals surface area contributed by atoms with Crippen molar-refractivity contribution in [3.8, 4) is 6.07 Å². The van der Waals surface area contributed by atoms with Crippen LogP contribution in [0.3, 0.4) is 0 Å². The Kier molecular flexibility index (Phi) is 3.44. The topological polar surface area (TPSA) is 64.3 Å². The second-order valence-corrected chi connectivity index (χ2v) is 4.93. The van der Waals surface area contributed by atoms with Crippen LogP contribution in [0.2, 0.25) is 5.02 Å². The van der Waals surface area contributed by atoms with E-state index < -0.39 is 12.0 Å². The molecule has 1 aromatic rings. The number of nitriles is 1. The normalized spacial score (nSPS) is 22.8. The Morgan fingerprint density at radius 3 is 2.89 bits per heavy atom. The molecule has 1 N–H and O–H groups in total. The van der Waals surface area contributed by atoms with Gasteiger partial charge >= 0.3 is 5.97 Å². The number of nitrogens with zero attached hydrogens (tertiary/aromatic N) is 2. The summed E-state index contributed by atoms with van der Waals surface area (Å²) >= 11 is 5.98. The standard InChI is InChI=1S/C13H13ClN2O2/c1-8-4-5-16(12(8)13(17)18)10-3-2-9(7-15)11(14)6-10/h2-3,6,8,12H,4-5H2,1H3,(H,17,18). The number of carboxylic acids is 1. The van der Waals surface area contributed by atoms with Gasteiger partial charge in [0.2, 0.25) is 0 Å². The van der Waals surface area contributed by atoms with Crippen molar-refractivity contribution in [1.29, 1.82) is 5.26 Å². The third-order valence-corrected chi connectivity index (χ3v) is 3.67. The van der Waals surface area contributed by atoms with E-state index in [2.05, 4.69) is 0 Å². The summed E-state index contributed by atoms with van der Waals surface area (Å²) in [4.78, 5) is 13.1. The average Bonchev–Trinajstić information content (AvgIpc) is 2.71. The zero-order valence-corrected chi connectivity index (χ0v) is 10.7. The molecule has 0 amide bonds. The summed E-state index contributed by atoms with van der Waals surface area (Å²) in [6, 6.07) is 6.50. The minimum absolute atomic E-state index is 0.108. The molecule has 0 saturated carbocycles. The molecule has 0 radical (unpaired) electrons. The Morgan fingerprint density at radius 2 is 2.33 bits per heavy atom. The molecule has 5 heteroatoms. The molecular weight excluding hydrogens is 252 g/mol. The first-order chi connectivity index (χ1) is 8.54. The predicted molar refractivity (Wildman–Crippen MR) is 68.7 cm³/mol. The highest BCUT2D eigenvalue weighted by Crippen LogP contribution is 2.32. The van der Waals surface area contributed by atoms with E-state index in [1.807, 2.05) is 17.9 Å². The van der Waals surface area contributed by atoms with Crippen LogP contribution in [0, 0.1) is 17.2 Å². The zero-order valence-electron chi connectivity index (χ0n) is 9.93. The molecule has 2 unspecified atom stereocenters. The highest BCUT2D eigenvalue weighted by molar-refractivity contribution is 6.32. The Balaban J connectivity index is 2.35. The van der Waals surface area contributed by atoms with Crippen LogP contribution in [0.1, 0.15) is 18.9 Å². The largest absolute Gasteiger partial charge is 0.480 e. The molecule has 2 atom stereocenters. The summed E-state index contributed by atoms with van der Waals surface area (Å²) in [5.41, 5.74) is 1.16. The van der Waals surface area contributed by atoms with Gasteiger partial charge in [-0.05, 0) is 30.5 Å². The van der Waals surface area contributed by atoms with Gasteiger partial charge in [-0.3, -0.25) is 0 Å². The number of aliphatic carboxylic acids is 1. The van der Waals surface area contributed by atoms with Gasteiger partial charge in [-0.2, -0.15) is 5.26 Å². The summed E-state index contributed by atoms with van der Waals surface area (Å²) in [5.74, 6) is -0.711. The Labute approximate surface area is 110 Å². The number of rotatable bonds is 2. The van der Waals surface area contributed by atoms with Crippen molar-refractivity contribution in [1.82, 2.24) is 0 Å². The molecule has 1 aliphatic heterocycles. The van der Waals surface area contributed by atoms with Crippen LogP contribution in [0.4, 0.5) is 5.69 Å². The maximum Gasteiger partial charge on any atom is 0.326 e. The Bertz CT molecular complexity index is 524. The molecule has 0 aromatic heterocycles. The van der Waals surface area contributed by atoms with Gasteiger partial charge in [0, 0.05) is 12.2 Å². The first kappa shape index (κ1) is 12.7. The minimum Gasteiger partial charge on any atom is -0.480 e. The molecular formula is C13H13ClN2O2. The van der Waals surface area contributed by atoms with Gasteiger partial charge in [-0.15, -0.1) is 0 Å². The third kappa shape index (κ3) is 2.14. The molecule has 1 aliphatic rings. The van der Waals surface area contributed by atoms with Crippen LogP contribution >= 0.6 is 11.6 Å². The number of hydrogen-bond acceptors (Lipinski definition) is 3. The van der Waals surface area contributed by atoms with Gasteiger partial charge in [0.15, 0.2) is 0 Å². The maximum absolute atomic E-state index is 11.3. The first-order valence-corrected chi connectivity index (χ1v) is 6.11. The molecule has 0 spiro atoms. The molecule has 0 aliphatic carbocycles. The molecule has 1 fully saturated rings. The van der Waals surface area contributed by atoms with Crippen LogP contribution in [-0.4, -0.2) is 23.7 Å². The number of carboxylic acid groups (broad SMARTS) is 1. The van der Waals surface area contributed by atoms with Gasteiger partial charge in [0.05, 0.1) is 10.6 Å². The molecule has 1 saturated heterocycles. The second-order valence-electron chi connectivity index (χ2n) is 4.52. The quantitative estimate of drug-likeness (QED) is 0.891. The van der Waals surface area contributed by atoms with E-state index in [1.165, 1.54) is 0 Å². The highest BCUT2D eigenvalue weighted by Gasteiger charge is 2.36. The lowest BCUT2D eigenvalue weighted by Crippen LogP contribution is -2.39. The predicted octanol–water partition coefficient (Wildman–Crippen LogP) is 2.51. The lowest BCUT2D eigenvalue weighted by Gasteiger charge is -2.25. The van der Waals surface area contributed by atoms with Crippen molar-refractivity contribution in [2.75, 3.05) is 11.4 Å². The van der Waals surface area contributed by atoms with Crippen LogP contribution < -0.4 is 4.90 Å². The monoisotopic (exact) mass is 264 g/mol. The molecule has 1 heterocycles. The van der Waals surface area contributed by atoms with Gasteiger partial charge in [-0.25, -0.2) is 4.79 Å². The van der Waals surface area contributed by atoms with Crippen LogP contribution in [0.5, 0.6) is 0 Å². The van der Waals surface area contributed by atoms with Gasteiger partial charge in [-0.1, -0.05) is 18.5 Å². The average molecular weight is 265 g/mol. The van der Waals surface area contributed by atoms with E-state index in [9.17, 15) is 9.90 Å². The van der Waals surface area contributed by atoms with Crippen molar-refractivity contribution in [2.45, 2.75) is 19.4 Å². The summed E-state index contributed by atoms with van der Waals surface area (Å²) in [6.45, 7) is 2.63. The Morgan fingerprint density at radius 1 is 1.61 bits per heavy atom. The number of anilines is 1. The van der Waals surface area contributed by atoms with Crippen molar-refractivity contribution in [2.24, 2.45) is 5.92 Å². The lowest BCUT2D eigenvalue weighted by molar-refractivity contribution is -0.139. The van der Waals surface area contributed by atoms with Crippen molar-refractivity contribution in [3.05, 3.63) is 28.8 Å². The van der Waals surface area contributed by atoms with Gasteiger partial charge in [0.1, 0.15) is 12.1 Å².